The third-order valence-corrected chi connectivity index (χ3v) is 19.7. The molecule has 1 saturated carbocycles. The fourth-order valence-electron chi connectivity index (χ4n) is 10.5. The van der Waals surface area contributed by atoms with E-state index >= 15 is 8.78 Å². The minimum absolute atomic E-state index is 0.0149. The van der Waals surface area contributed by atoms with E-state index in [1.165, 1.54) is 13.2 Å². The molecule has 10 nitrogen and oxygen atoms in total. The average molecular weight is 846 g/mol. The van der Waals surface area contributed by atoms with Crippen LogP contribution in [0.25, 0.3) is 32.9 Å². The minimum Gasteiger partial charge on any atom is -0.477 e. The molecule has 4 fully saturated rings. The van der Waals surface area contributed by atoms with E-state index in [9.17, 15) is 4.39 Å². The number of hydrogen-bond acceptors (Lipinski definition) is 10. The fourth-order valence-corrected chi connectivity index (χ4v) is 15.8. The molecule has 14 heteroatoms. The van der Waals surface area contributed by atoms with E-state index in [1.807, 2.05) is 6.92 Å². The molecule has 5 heterocycles. The number of rotatable bonds is 13. The maximum absolute atomic E-state index is 18.0. The number of pyridine rings is 1. The molecule has 4 aromatic rings. The summed E-state index contributed by atoms with van der Waals surface area (Å²) >= 11 is 0. The van der Waals surface area contributed by atoms with E-state index in [0.717, 1.165) is 32.2 Å². The Hall–Kier alpha value is -4.16. The molecule has 1 aliphatic carbocycles. The lowest BCUT2D eigenvalue weighted by Gasteiger charge is -2.38. The molecule has 0 amide bonds. The summed E-state index contributed by atoms with van der Waals surface area (Å²) in [6.45, 7) is 17.8. The number of aromatic nitrogens is 3. The first-order valence-electron chi connectivity index (χ1n) is 21.7. The fraction of sp³-hybridized carbons (Fsp3) is 0.587. The first-order valence-corrected chi connectivity index (χ1v) is 23.9. The normalized spacial score (nSPS) is 23.0. The van der Waals surface area contributed by atoms with Gasteiger partial charge in [0.2, 0.25) is 5.88 Å². The van der Waals surface area contributed by atoms with Gasteiger partial charge in [0.1, 0.15) is 54.8 Å². The van der Waals surface area contributed by atoms with E-state index in [2.05, 4.69) is 62.8 Å². The number of hydrogen-bond donors (Lipinski definition) is 0. The number of halogens is 3. The number of nitrogens with zero attached hydrogens (tertiary/aromatic N) is 5. The Balaban J connectivity index is 1.37. The predicted molar refractivity (Wildman–Crippen MR) is 230 cm³/mol. The van der Waals surface area contributed by atoms with Crippen molar-refractivity contribution in [1.29, 1.82) is 0 Å². The van der Waals surface area contributed by atoms with Crippen LogP contribution in [0.2, 0.25) is 16.6 Å². The van der Waals surface area contributed by atoms with Crippen LogP contribution in [0, 0.1) is 23.1 Å². The Morgan fingerprint density at radius 1 is 0.967 bits per heavy atom. The van der Waals surface area contributed by atoms with Gasteiger partial charge in [0, 0.05) is 44.2 Å². The summed E-state index contributed by atoms with van der Waals surface area (Å²) in [6, 6.07) is 6.49. The summed E-state index contributed by atoms with van der Waals surface area (Å²) in [7, 11) is -0.809. The molecule has 4 atom stereocenters. The van der Waals surface area contributed by atoms with Crippen LogP contribution >= 0.6 is 0 Å². The predicted octanol–water partition coefficient (Wildman–Crippen LogP) is 9.40. The first-order chi connectivity index (χ1) is 28.8. The Labute approximate surface area is 352 Å². The lowest BCUT2D eigenvalue weighted by molar-refractivity contribution is 0.0512. The van der Waals surface area contributed by atoms with Crippen molar-refractivity contribution >= 4 is 35.6 Å². The van der Waals surface area contributed by atoms with Crippen molar-refractivity contribution < 1.29 is 36.9 Å². The molecule has 0 bridgehead atoms. The van der Waals surface area contributed by atoms with Crippen molar-refractivity contribution in [3.05, 3.63) is 41.5 Å². The van der Waals surface area contributed by atoms with Gasteiger partial charge in [0.05, 0.1) is 29.9 Å². The Morgan fingerprint density at radius 3 is 2.48 bits per heavy atom. The maximum Gasteiger partial charge on any atom is 0.319 e. The highest BCUT2D eigenvalue weighted by Gasteiger charge is 2.50. The molecule has 2 aromatic heterocycles. The van der Waals surface area contributed by atoms with Crippen molar-refractivity contribution in [1.82, 2.24) is 19.9 Å². The molecular weight excluding hydrogens is 788 g/mol. The summed E-state index contributed by atoms with van der Waals surface area (Å²) in [5.74, 6) is 3.03. The van der Waals surface area contributed by atoms with E-state index in [-0.39, 0.29) is 66.4 Å². The number of anilines is 1. The smallest absolute Gasteiger partial charge is 0.319 e. The topological polar surface area (TPSA) is 91.3 Å². The van der Waals surface area contributed by atoms with Crippen molar-refractivity contribution in [2.45, 2.75) is 121 Å². The van der Waals surface area contributed by atoms with Crippen LogP contribution in [0.4, 0.5) is 19.0 Å². The number of fused-ring (bicyclic) bond motifs is 4. The van der Waals surface area contributed by atoms with Crippen LogP contribution in [-0.4, -0.2) is 105 Å². The van der Waals surface area contributed by atoms with Gasteiger partial charge >= 0.3 is 6.01 Å². The minimum atomic E-state index is -2.33. The summed E-state index contributed by atoms with van der Waals surface area (Å²) in [5, 5.41) is 1.31. The van der Waals surface area contributed by atoms with Crippen LogP contribution < -0.4 is 19.1 Å². The van der Waals surface area contributed by atoms with Crippen molar-refractivity contribution in [3.8, 4) is 40.4 Å². The van der Waals surface area contributed by atoms with E-state index < -0.39 is 31.4 Å². The molecule has 2 unspecified atom stereocenters. The zero-order valence-electron chi connectivity index (χ0n) is 36.2. The van der Waals surface area contributed by atoms with Crippen molar-refractivity contribution in [2.24, 2.45) is 0 Å². The quantitative estimate of drug-likeness (QED) is 0.0737. The Kier molecular flexibility index (Phi) is 12.0. The highest BCUT2D eigenvalue weighted by atomic mass is 28.3. The number of methoxy groups -OCH3 is 1. The lowest BCUT2D eigenvalue weighted by Crippen LogP contribution is -2.43. The SMILES string of the molecule is CCOc1nc(-c2cc(OCOC)cc3ccc(F)c(C#C[Si](C(C)C)(C(C)C)C(C)C)c23)c(F)c2nc(OC[C@@]34CCCN3C[C@H](F)C4)nc(N3CCCOC4CC43)c12. The standard InChI is InChI=1S/C46H58F3N5O5Si/c1-9-56-44-39-42(51-45(52-43(39)54-17-11-18-57-37-22-36(37)54)58-25-46-15-10-16-53(46)24-31(47)23-46)40(49)41(50-44)34-21-32(59-26-55-8)20-30-12-13-35(48)33(38(30)34)14-19-60(27(2)3,28(4)5)29(6)7/h12-13,20-21,27-29,31,36-37H,9-11,15-18,22-26H2,1-8H3/t31-,36?,37?,46+/m1/s1. The molecule has 3 saturated heterocycles. The van der Waals surface area contributed by atoms with Crippen LogP contribution in [-0.2, 0) is 9.47 Å². The number of benzene rings is 2. The molecule has 0 radical (unpaired) electrons. The van der Waals surface area contributed by atoms with Gasteiger partial charge in [-0.25, -0.2) is 18.2 Å². The summed E-state index contributed by atoms with van der Waals surface area (Å²) in [4.78, 5) is 19.0. The van der Waals surface area contributed by atoms with Gasteiger partial charge in [-0.2, -0.15) is 9.97 Å². The van der Waals surface area contributed by atoms with Crippen LogP contribution in [0.3, 0.4) is 0 Å². The Bertz CT molecular complexity index is 2300. The molecule has 2 aromatic carbocycles. The Morgan fingerprint density at radius 2 is 1.75 bits per heavy atom. The molecule has 0 spiro atoms. The summed E-state index contributed by atoms with van der Waals surface area (Å²) in [5.41, 5.74) is 4.40. The van der Waals surface area contributed by atoms with E-state index in [0.29, 0.717) is 70.5 Å². The molecule has 8 rings (SSSR count). The molecular formula is C46H58F3N5O5Si. The first kappa shape index (κ1) is 42.5. The summed E-state index contributed by atoms with van der Waals surface area (Å²) in [6.07, 6.45) is 2.74. The zero-order valence-corrected chi connectivity index (χ0v) is 37.2. The van der Waals surface area contributed by atoms with Crippen molar-refractivity contribution in [2.75, 3.05) is 58.3 Å². The third kappa shape index (κ3) is 7.58. The van der Waals surface area contributed by atoms with Gasteiger partial charge in [-0.15, -0.1) is 5.54 Å². The second-order valence-corrected chi connectivity index (χ2v) is 23.5. The second-order valence-electron chi connectivity index (χ2n) is 17.9. The molecule has 60 heavy (non-hydrogen) atoms. The van der Waals surface area contributed by atoms with Crippen LogP contribution in [0.15, 0.2) is 24.3 Å². The monoisotopic (exact) mass is 845 g/mol. The lowest BCUT2D eigenvalue weighted by atomic mass is 9.95. The summed E-state index contributed by atoms with van der Waals surface area (Å²) < 4.78 is 79.2. The largest absolute Gasteiger partial charge is 0.477 e. The molecule has 322 valence electrons. The van der Waals surface area contributed by atoms with Crippen LogP contribution in [0.1, 0.15) is 86.1 Å². The number of ether oxygens (including phenoxy) is 5. The maximum atomic E-state index is 18.0. The van der Waals surface area contributed by atoms with Crippen LogP contribution in [0.5, 0.6) is 17.6 Å². The molecule has 3 aliphatic heterocycles. The van der Waals surface area contributed by atoms with E-state index in [4.69, 9.17) is 38.6 Å². The van der Waals surface area contributed by atoms with Crippen molar-refractivity contribution in [3.63, 3.8) is 0 Å². The number of alkyl halides is 1. The third-order valence-electron chi connectivity index (χ3n) is 13.4. The van der Waals surface area contributed by atoms with Gasteiger partial charge in [0.25, 0.3) is 0 Å². The molecule has 4 aliphatic rings. The van der Waals surface area contributed by atoms with Gasteiger partial charge in [0.15, 0.2) is 12.6 Å². The highest BCUT2D eigenvalue weighted by molar-refractivity contribution is 6.90. The second kappa shape index (κ2) is 16.9. The van der Waals surface area contributed by atoms with Gasteiger partial charge in [-0.3, -0.25) is 4.90 Å². The molecule has 0 N–H and O–H groups in total. The van der Waals surface area contributed by atoms with Gasteiger partial charge in [-0.1, -0.05) is 53.5 Å². The van der Waals surface area contributed by atoms with Gasteiger partial charge in [-0.05, 0) is 79.4 Å². The van der Waals surface area contributed by atoms with E-state index in [1.54, 1.807) is 18.2 Å². The average Bonchev–Trinajstić information content (AvgIpc) is 3.82. The van der Waals surface area contributed by atoms with Gasteiger partial charge < -0.3 is 28.6 Å². The zero-order chi connectivity index (χ0) is 42.5. The highest BCUT2D eigenvalue weighted by Crippen LogP contribution is 2.47.